The summed E-state index contributed by atoms with van der Waals surface area (Å²) in [5.74, 6) is 0.975. The zero-order chi connectivity index (χ0) is 11.6. The number of rotatable bonds is 9. The number of aromatic nitrogens is 4. The fourth-order valence-electron chi connectivity index (χ4n) is 1.13. The van der Waals surface area contributed by atoms with Gasteiger partial charge in [-0.1, -0.05) is 11.8 Å². The molecule has 0 saturated carbocycles. The van der Waals surface area contributed by atoms with Crippen LogP contribution in [0.2, 0.25) is 0 Å². The van der Waals surface area contributed by atoms with E-state index >= 15 is 0 Å². The Bertz CT molecular complexity index is 281. The van der Waals surface area contributed by atoms with Gasteiger partial charge in [0.05, 0.1) is 0 Å². The van der Waals surface area contributed by atoms with Gasteiger partial charge in [0.15, 0.2) is 0 Å². The van der Waals surface area contributed by atoms with Crippen LogP contribution in [0.1, 0.15) is 13.3 Å². The van der Waals surface area contributed by atoms with Crippen molar-refractivity contribution in [3.8, 4) is 0 Å². The molecule has 1 aromatic rings. The predicted molar refractivity (Wildman–Crippen MR) is 63.5 cm³/mol. The van der Waals surface area contributed by atoms with E-state index < -0.39 is 0 Å². The third-order valence-electron chi connectivity index (χ3n) is 1.94. The normalized spacial score (nSPS) is 10.9. The second-order valence-corrected chi connectivity index (χ2v) is 4.30. The van der Waals surface area contributed by atoms with Crippen LogP contribution in [-0.2, 0) is 11.8 Å². The summed E-state index contributed by atoms with van der Waals surface area (Å²) in [4.78, 5) is 0. The molecule has 0 aromatic carbocycles. The lowest BCUT2D eigenvalue weighted by Gasteiger charge is -2.04. The monoisotopic (exact) mass is 245 g/mol. The second-order valence-electron chi connectivity index (χ2n) is 3.23. The first-order chi connectivity index (χ1) is 7.84. The predicted octanol–water partition coefficient (Wildman–Crippen LogP) is 0.318. The Hall–Kier alpha value is -0.660. The van der Waals surface area contributed by atoms with Crippen LogP contribution in [0.25, 0.3) is 0 Å². The van der Waals surface area contributed by atoms with Crippen molar-refractivity contribution in [2.24, 2.45) is 7.05 Å². The molecule has 0 spiro atoms. The number of thioether (sulfide) groups is 1. The SMILES string of the molecule is CCOCCCNCCSc1nnnn1C. The highest BCUT2D eigenvalue weighted by Gasteiger charge is 2.01. The minimum atomic E-state index is 0.801. The summed E-state index contributed by atoms with van der Waals surface area (Å²) in [5.41, 5.74) is 0. The Balaban J connectivity index is 1.91. The molecule has 0 atom stereocenters. The quantitative estimate of drug-likeness (QED) is 0.499. The van der Waals surface area contributed by atoms with Gasteiger partial charge in [-0.3, -0.25) is 0 Å². The van der Waals surface area contributed by atoms with Crippen LogP contribution in [0.3, 0.4) is 0 Å². The number of nitrogens with one attached hydrogen (secondary N) is 1. The zero-order valence-corrected chi connectivity index (χ0v) is 10.7. The van der Waals surface area contributed by atoms with E-state index in [1.165, 1.54) is 0 Å². The number of aryl methyl sites for hydroxylation is 1. The molecule has 16 heavy (non-hydrogen) atoms. The van der Waals surface area contributed by atoms with Crippen molar-refractivity contribution in [2.45, 2.75) is 18.5 Å². The molecule has 0 bridgehead atoms. The van der Waals surface area contributed by atoms with E-state index in [1.54, 1.807) is 16.4 Å². The smallest absolute Gasteiger partial charge is 0.209 e. The maximum Gasteiger partial charge on any atom is 0.209 e. The van der Waals surface area contributed by atoms with Crippen LogP contribution in [0.15, 0.2) is 5.16 Å². The van der Waals surface area contributed by atoms with E-state index in [0.29, 0.717) is 0 Å². The first kappa shape index (κ1) is 13.4. The van der Waals surface area contributed by atoms with Gasteiger partial charge >= 0.3 is 0 Å². The second kappa shape index (κ2) is 8.49. The highest BCUT2D eigenvalue weighted by Crippen LogP contribution is 2.10. The lowest BCUT2D eigenvalue weighted by Crippen LogP contribution is -2.19. The summed E-state index contributed by atoms with van der Waals surface area (Å²) in [5, 5.41) is 15.4. The molecule has 0 radical (unpaired) electrons. The van der Waals surface area contributed by atoms with Crippen molar-refractivity contribution < 1.29 is 4.74 Å². The number of hydrogen-bond donors (Lipinski definition) is 1. The molecule has 1 heterocycles. The first-order valence-electron chi connectivity index (χ1n) is 5.48. The zero-order valence-electron chi connectivity index (χ0n) is 9.85. The molecule has 92 valence electrons. The van der Waals surface area contributed by atoms with Gasteiger partial charge in [0, 0.05) is 32.6 Å². The minimum Gasteiger partial charge on any atom is -0.382 e. The summed E-state index contributed by atoms with van der Waals surface area (Å²) in [6.07, 6.45) is 1.06. The summed E-state index contributed by atoms with van der Waals surface area (Å²) >= 11 is 1.66. The van der Waals surface area contributed by atoms with Crippen LogP contribution in [0.5, 0.6) is 0 Å². The molecular formula is C9H19N5OS. The highest BCUT2D eigenvalue weighted by molar-refractivity contribution is 7.99. The molecule has 1 aromatic heterocycles. The third-order valence-corrected chi connectivity index (χ3v) is 2.95. The lowest BCUT2D eigenvalue weighted by molar-refractivity contribution is 0.145. The summed E-state index contributed by atoms with van der Waals surface area (Å²) in [6.45, 7) is 5.61. The van der Waals surface area contributed by atoms with Gasteiger partial charge in [-0.05, 0) is 30.3 Å². The Morgan fingerprint density at radius 2 is 2.31 bits per heavy atom. The molecule has 0 saturated heterocycles. The van der Waals surface area contributed by atoms with Gasteiger partial charge < -0.3 is 10.1 Å². The maximum atomic E-state index is 5.24. The Morgan fingerprint density at radius 1 is 1.44 bits per heavy atom. The summed E-state index contributed by atoms with van der Waals surface area (Å²) in [7, 11) is 1.85. The maximum absolute atomic E-state index is 5.24. The number of nitrogens with zero attached hydrogens (tertiary/aromatic N) is 4. The van der Waals surface area contributed by atoms with E-state index in [-0.39, 0.29) is 0 Å². The average Bonchev–Trinajstić information content (AvgIpc) is 2.68. The van der Waals surface area contributed by atoms with Crippen molar-refractivity contribution in [1.82, 2.24) is 25.5 Å². The van der Waals surface area contributed by atoms with Gasteiger partial charge in [0.2, 0.25) is 5.16 Å². The molecule has 0 aliphatic carbocycles. The van der Waals surface area contributed by atoms with Gasteiger partial charge in [0.1, 0.15) is 0 Å². The third kappa shape index (κ3) is 5.43. The van der Waals surface area contributed by atoms with E-state index in [4.69, 9.17) is 4.74 Å². The first-order valence-corrected chi connectivity index (χ1v) is 6.46. The van der Waals surface area contributed by atoms with E-state index in [1.807, 2.05) is 14.0 Å². The average molecular weight is 245 g/mol. The standard InChI is InChI=1S/C9H19N5OS/c1-3-15-7-4-5-10-6-8-16-9-11-12-13-14(9)2/h10H,3-8H2,1-2H3. The van der Waals surface area contributed by atoms with Crippen molar-refractivity contribution >= 4 is 11.8 Å². The van der Waals surface area contributed by atoms with Crippen LogP contribution in [0.4, 0.5) is 0 Å². The lowest BCUT2D eigenvalue weighted by atomic mass is 10.4. The van der Waals surface area contributed by atoms with Crippen molar-refractivity contribution in [3.63, 3.8) is 0 Å². The highest BCUT2D eigenvalue weighted by atomic mass is 32.2. The molecule has 6 nitrogen and oxygen atoms in total. The molecule has 1 rings (SSSR count). The number of hydrogen-bond acceptors (Lipinski definition) is 6. The van der Waals surface area contributed by atoms with E-state index in [2.05, 4.69) is 20.8 Å². The van der Waals surface area contributed by atoms with Crippen LogP contribution < -0.4 is 5.32 Å². The van der Waals surface area contributed by atoms with E-state index in [9.17, 15) is 0 Å². The molecular weight excluding hydrogens is 226 g/mol. The number of tetrazole rings is 1. The molecule has 0 fully saturated rings. The largest absolute Gasteiger partial charge is 0.382 e. The molecule has 7 heteroatoms. The van der Waals surface area contributed by atoms with Crippen molar-refractivity contribution in [1.29, 1.82) is 0 Å². The molecule has 0 amide bonds. The van der Waals surface area contributed by atoms with Gasteiger partial charge in [-0.15, -0.1) is 5.10 Å². The molecule has 0 unspecified atom stereocenters. The van der Waals surface area contributed by atoms with Crippen molar-refractivity contribution in [2.75, 3.05) is 32.1 Å². The Labute approximate surface area is 100 Å². The molecule has 0 aliphatic heterocycles. The van der Waals surface area contributed by atoms with Crippen LogP contribution in [0, 0.1) is 0 Å². The van der Waals surface area contributed by atoms with Crippen LogP contribution >= 0.6 is 11.8 Å². The van der Waals surface area contributed by atoms with Crippen LogP contribution in [-0.4, -0.2) is 52.3 Å². The Kier molecular flexibility index (Phi) is 7.11. The van der Waals surface area contributed by atoms with Gasteiger partial charge in [-0.25, -0.2) is 4.68 Å². The topological polar surface area (TPSA) is 64.9 Å². The fourth-order valence-corrected chi connectivity index (χ4v) is 1.87. The summed E-state index contributed by atoms with van der Waals surface area (Å²) in [6, 6.07) is 0. The molecule has 1 N–H and O–H groups in total. The minimum absolute atomic E-state index is 0.801. The molecule has 0 aliphatic rings. The fraction of sp³-hybridized carbons (Fsp3) is 0.889. The van der Waals surface area contributed by atoms with E-state index in [0.717, 1.165) is 43.6 Å². The van der Waals surface area contributed by atoms with Gasteiger partial charge in [0.25, 0.3) is 0 Å². The summed E-state index contributed by atoms with van der Waals surface area (Å²) < 4.78 is 6.92. The Morgan fingerprint density at radius 3 is 3.00 bits per heavy atom. The number of ether oxygens (including phenoxy) is 1. The van der Waals surface area contributed by atoms with Gasteiger partial charge in [-0.2, -0.15) is 0 Å². The van der Waals surface area contributed by atoms with Crippen molar-refractivity contribution in [3.05, 3.63) is 0 Å².